The van der Waals surface area contributed by atoms with Gasteiger partial charge in [-0.15, -0.1) is 11.3 Å². The molecule has 0 saturated carbocycles. The molecule has 2 rings (SSSR count). The third-order valence-corrected chi connectivity index (χ3v) is 4.11. The third kappa shape index (κ3) is 4.66. The van der Waals surface area contributed by atoms with E-state index in [4.69, 9.17) is 5.11 Å². The van der Waals surface area contributed by atoms with Crippen LogP contribution in [0, 0.1) is 0 Å². The van der Waals surface area contributed by atoms with E-state index in [2.05, 4.69) is 17.2 Å². The number of hydrogen-bond acceptors (Lipinski definition) is 4. The van der Waals surface area contributed by atoms with E-state index in [0.717, 1.165) is 23.4 Å². The number of rotatable bonds is 7. The highest BCUT2D eigenvalue weighted by molar-refractivity contribution is 7.13. The standard InChI is InChI=1S/C16H18N2O3S/c1-2-4-14-17-10-13(22-14)16(21)18-12-6-3-5-11(9-12)7-8-15(19)20/h3,5-6,9-10H,2,4,7-8H2,1H3,(H,18,21)(H,19,20). The number of aromatic nitrogens is 1. The number of thiazole rings is 1. The molecule has 0 unspecified atom stereocenters. The van der Waals surface area contributed by atoms with Crippen LogP contribution in [0.25, 0.3) is 0 Å². The number of nitrogens with zero attached hydrogens (tertiary/aromatic N) is 1. The molecule has 1 heterocycles. The summed E-state index contributed by atoms with van der Waals surface area (Å²) in [6.07, 6.45) is 3.99. The predicted octanol–water partition coefficient (Wildman–Crippen LogP) is 3.37. The largest absolute Gasteiger partial charge is 0.481 e. The molecule has 1 amide bonds. The average Bonchev–Trinajstić information content (AvgIpc) is 2.95. The number of carboxylic acids is 1. The van der Waals surface area contributed by atoms with Gasteiger partial charge in [0.25, 0.3) is 5.91 Å². The lowest BCUT2D eigenvalue weighted by molar-refractivity contribution is -0.136. The van der Waals surface area contributed by atoms with E-state index >= 15 is 0 Å². The van der Waals surface area contributed by atoms with E-state index in [1.54, 1.807) is 18.3 Å². The van der Waals surface area contributed by atoms with Crippen LogP contribution in [0.15, 0.2) is 30.5 Å². The Morgan fingerprint density at radius 1 is 1.32 bits per heavy atom. The van der Waals surface area contributed by atoms with Gasteiger partial charge in [0.2, 0.25) is 0 Å². The molecule has 0 bridgehead atoms. The van der Waals surface area contributed by atoms with Crippen LogP contribution >= 0.6 is 11.3 Å². The molecule has 2 N–H and O–H groups in total. The summed E-state index contributed by atoms with van der Waals surface area (Å²) in [5, 5.41) is 12.5. The number of amides is 1. The van der Waals surface area contributed by atoms with Crippen LogP contribution in [0.3, 0.4) is 0 Å². The van der Waals surface area contributed by atoms with E-state index in [0.29, 0.717) is 17.0 Å². The third-order valence-electron chi connectivity index (χ3n) is 3.05. The maximum Gasteiger partial charge on any atom is 0.303 e. The Bertz CT molecular complexity index is 667. The number of carbonyl (C=O) groups excluding carboxylic acids is 1. The van der Waals surface area contributed by atoms with Crippen molar-refractivity contribution in [3.8, 4) is 0 Å². The Morgan fingerprint density at radius 2 is 2.14 bits per heavy atom. The summed E-state index contributed by atoms with van der Waals surface area (Å²) in [6, 6.07) is 7.25. The number of benzene rings is 1. The first-order valence-electron chi connectivity index (χ1n) is 7.15. The van der Waals surface area contributed by atoms with Gasteiger partial charge in [0.15, 0.2) is 0 Å². The van der Waals surface area contributed by atoms with Gasteiger partial charge in [-0.3, -0.25) is 9.59 Å². The van der Waals surface area contributed by atoms with Crippen molar-refractivity contribution >= 4 is 28.9 Å². The zero-order valence-electron chi connectivity index (χ0n) is 12.3. The van der Waals surface area contributed by atoms with Crippen LogP contribution in [0.1, 0.15) is 40.0 Å². The second-order valence-corrected chi connectivity index (χ2v) is 6.03. The van der Waals surface area contributed by atoms with Crippen LogP contribution in [-0.4, -0.2) is 22.0 Å². The van der Waals surface area contributed by atoms with Crippen molar-refractivity contribution in [3.63, 3.8) is 0 Å². The first kappa shape index (κ1) is 16.2. The van der Waals surface area contributed by atoms with Gasteiger partial charge in [0, 0.05) is 12.1 Å². The van der Waals surface area contributed by atoms with Gasteiger partial charge < -0.3 is 10.4 Å². The molecule has 0 aliphatic rings. The molecule has 6 heteroatoms. The molecular weight excluding hydrogens is 300 g/mol. The van der Waals surface area contributed by atoms with Crippen molar-refractivity contribution < 1.29 is 14.7 Å². The minimum Gasteiger partial charge on any atom is -0.481 e. The summed E-state index contributed by atoms with van der Waals surface area (Å²) in [7, 11) is 0. The molecular formula is C16H18N2O3S. The normalized spacial score (nSPS) is 10.4. The zero-order valence-corrected chi connectivity index (χ0v) is 13.2. The van der Waals surface area contributed by atoms with Crippen LogP contribution in [0.5, 0.6) is 0 Å². The predicted molar refractivity (Wildman–Crippen MR) is 86.5 cm³/mol. The van der Waals surface area contributed by atoms with Gasteiger partial charge in [-0.2, -0.15) is 0 Å². The fourth-order valence-electron chi connectivity index (χ4n) is 1.99. The number of carboxylic acid groups (broad SMARTS) is 1. The quantitative estimate of drug-likeness (QED) is 0.820. The van der Waals surface area contributed by atoms with E-state index in [9.17, 15) is 9.59 Å². The van der Waals surface area contributed by atoms with Gasteiger partial charge in [-0.05, 0) is 37.0 Å². The molecule has 2 aromatic rings. The fraction of sp³-hybridized carbons (Fsp3) is 0.312. The highest BCUT2D eigenvalue weighted by Gasteiger charge is 2.11. The van der Waals surface area contributed by atoms with Gasteiger partial charge in [-0.25, -0.2) is 4.98 Å². The lowest BCUT2D eigenvalue weighted by atomic mass is 10.1. The van der Waals surface area contributed by atoms with Crippen molar-refractivity contribution in [2.45, 2.75) is 32.6 Å². The zero-order chi connectivity index (χ0) is 15.9. The average molecular weight is 318 g/mol. The summed E-state index contributed by atoms with van der Waals surface area (Å²) in [4.78, 5) is 27.6. The van der Waals surface area contributed by atoms with Crippen molar-refractivity contribution in [1.29, 1.82) is 0 Å². The van der Waals surface area contributed by atoms with Crippen molar-refractivity contribution in [2.75, 3.05) is 5.32 Å². The maximum absolute atomic E-state index is 12.2. The van der Waals surface area contributed by atoms with E-state index in [1.807, 2.05) is 12.1 Å². The first-order valence-corrected chi connectivity index (χ1v) is 7.97. The molecule has 0 aliphatic heterocycles. The summed E-state index contributed by atoms with van der Waals surface area (Å²) < 4.78 is 0. The van der Waals surface area contributed by atoms with Gasteiger partial charge in [0.1, 0.15) is 4.88 Å². The molecule has 1 aromatic carbocycles. The molecule has 0 spiro atoms. The van der Waals surface area contributed by atoms with Crippen LogP contribution in [0.4, 0.5) is 5.69 Å². The minimum absolute atomic E-state index is 0.0760. The second kappa shape index (κ2) is 7.70. The number of hydrogen-bond donors (Lipinski definition) is 2. The Balaban J connectivity index is 2.01. The fourth-order valence-corrected chi connectivity index (χ4v) is 2.91. The van der Waals surface area contributed by atoms with Gasteiger partial charge >= 0.3 is 5.97 Å². The molecule has 116 valence electrons. The highest BCUT2D eigenvalue weighted by atomic mass is 32.1. The topological polar surface area (TPSA) is 79.3 Å². The lowest BCUT2D eigenvalue weighted by Crippen LogP contribution is -2.10. The van der Waals surface area contributed by atoms with E-state index in [-0.39, 0.29) is 12.3 Å². The van der Waals surface area contributed by atoms with E-state index in [1.165, 1.54) is 11.3 Å². The van der Waals surface area contributed by atoms with Gasteiger partial charge in [0.05, 0.1) is 11.2 Å². The molecule has 0 saturated heterocycles. The number of aryl methyl sites for hydroxylation is 2. The minimum atomic E-state index is -0.831. The van der Waals surface area contributed by atoms with E-state index < -0.39 is 5.97 Å². The lowest BCUT2D eigenvalue weighted by Gasteiger charge is -2.05. The molecule has 5 nitrogen and oxygen atoms in total. The van der Waals surface area contributed by atoms with Crippen LogP contribution in [0.2, 0.25) is 0 Å². The number of aliphatic carboxylic acids is 1. The molecule has 0 fully saturated rings. The Kier molecular flexibility index (Phi) is 5.66. The maximum atomic E-state index is 12.2. The second-order valence-electron chi connectivity index (χ2n) is 4.92. The summed E-state index contributed by atoms with van der Waals surface area (Å²) in [6.45, 7) is 2.07. The Morgan fingerprint density at radius 3 is 2.86 bits per heavy atom. The summed E-state index contributed by atoms with van der Waals surface area (Å²) in [5.41, 5.74) is 1.55. The number of carbonyl (C=O) groups is 2. The smallest absolute Gasteiger partial charge is 0.303 e. The molecule has 0 atom stereocenters. The van der Waals surface area contributed by atoms with Crippen molar-refractivity contribution in [3.05, 3.63) is 45.9 Å². The van der Waals surface area contributed by atoms with Crippen molar-refractivity contribution in [2.24, 2.45) is 0 Å². The monoisotopic (exact) mass is 318 g/mol. The first-order chi connectivity index (χ1) is 10.6. The summed E-state index contributed by atoms with van der Waals surface area (Å²) in [5.74, 6) is -1.02. The van der Waals surface area contributed by atoms with Crippen LogP contribution in [-0.2, 0) is 17.6 Å². The molecule has 0 aliphatic carbocycles. The number of nitrogens with one attached hydrogen (secondary N) is 1. The van der Waals surface area contributed by atoms with Crippen LogP contribution < -0.4 is 5.32 Å². The van der Waals surface area contributed by atoms with Crippen molar-refractivity contribution in [1.82, 2.24) is 4.98 Å². The molecule has 1 aromatic heterocycles. The Hall–Kier alpha value is -2.21. The Labute approximate surface area is 133 Å². The molecule has 0 radical (unpaired) electrons. The van der Waals surface area contributed by atoms with Gasteiger partial charge in [-0.1, -0.05) is 19.1 Å². The number of anilines is 1. The molecule has 22 heavy (non-hydrogen) atoms. The summed E-state index contributed by atoms with van der Waals surface area (Å²) >= 11 is 1.40. The SMILES string of the molecule is CCCc1ncc(C(=O)Nc2cccc(CCC(=O)O)c2)s1. The highest BCUT2D eigenvalue weighted by Crippen LogP contribution is 2.18.